The van der Waals surface area contributed by atoms with E-state index < -0.39 is 4.92 Å². The second-order valence-electron chi connectivity index (χ2n) is 4.06. The number of nitrogens with one attached hydrogen (secondary N) is 1. The van der Waals surface area contributed by atoms with Gasteiger partial charge in [-0.3, -0.25) is 24.8 Å². The molecule has 1 aromatic heterocycles. The summed E-state index contributed by atoms with van der Waals surface area (Å²) in [5.74, 6) is 0.936. The van der Waals surface area contributed by atoms with Crippen molar-refractivity contribution in [3.8, 4) is 0 Å². The molecule has 102 valence electrons. The van der Waals surface area contributed by atoms with Crippen LogP contribution in [-0.4, -0.2) is 31.3 Å². The molecule has 1 amide bonds. The Labute approximate surface area is 117 Å². The van der Waals surface area contributed by atoms with Crippen molar-refractivity contribution in [2.75, 3.05) is 11.1 Å². The molecule has 0 fully saturated rings. The van der Waals surface area contributed by atoms with Gasteiger partial charge in [0.2, 0.25) is 5.95 Å². The largest absolute Gasteiger partial charge is 0.290 e. The van der Waals surface area contributed by atoms with E-state index in [2.05, 4.69) is 15.5 Å². The van der Waals surface area contributed by atoms with E-state index >= 15 is 0 Å². The van der Waals surface area contributed by atoms with Gasteiger partial charge in [-0.1, -0.05) is 11.8 Å². The fourth-order valence-corrected chi connectivity index (χ4v) is 2.71. The molecular formula is C11H9N5O3S. The fourth-order valence-electron chi connectivity index (χ4n) is 1.83. The smallest absolute Gasteiger partial charge is 0.269 e. The lowest BCUT2D eigenvalue weighted by Gasteiger charge is -2.04. The van der Waals surface area contributed by atoms with Gasteiger partial charge < -0.3 is 0 Å². The molecule has 0 saturated heterocycles. The molecule has 2 heterocycles. The molecule has 0 radical (unpaired) electrons. The van der Waals surface area contributed by atoms with Crippen molar-refractivity contribution in [2.45, 2.75) is 11.7 Å². The molecule has 0 atom stereocenters. The van der Waals surface area contributed by atoms with Crippen molar-refractivity contribution in [2.24, 2.45) is 0 Å². The zero-order valence-corrected chi connectivity index (χ0v) is 11.0. The predicted molar refractivity (Wildman–Crippen MR) is 71.8 cm³/mol. The fraction of sp³-hybridized carbons (Fsp3) is 0.182. The van der Waals surface area contributed by atoms with Crippen LogP contribution in [0.25, 0.3) is 0 Å². The van der Waals surface area contributed by atoms with E-state index in [1.54, 1.807) is 11.8 Å². The average Bonchev–Trinajstić information content (AvgIpc) is 3.04. The zero-order chi connectivity index (χ0) is 14.1. The van der Waals surface area contributed by atoms with Crippen molar-refractivity contribution in [3.63, 3.8) is 0 Å². The Bertz CT molecular complexity index is 682. The van der Waals surface area contributed by atoms with Crippen LogP contribution in [0.4, 0.5) is 11.6 Å². The van der Waals surface area contributed by atoms with E-state index in [9.17, 15) is 14.9 Å². The number of rotatable bonds is 3. The summed E-state index contributed by atoms with van der Waals surface area (Å²) in [5, 5.41) is 21.8. The number of non-ortho nitro benzene ring substituents is 1. The molecule has 1 aliphatic heterocycles. The Morgan fingerprint density at radius 2 is 2.10 bits per heavy atom. The highest BCUT2D eigenvalue weighted by atomic mass is 32.2. The number of thioether (sulfide) groups is 1. The normalized spacial score (nSPS) is 13.0. The highest BCUT2D eigenvalue weighted by Gasteiger charge is 2.20. The van der Waals surface area contributed by atoms with Crippen molar-refractivity contribution in [3.05, 3.63) is 39.9 Å². The maximum atomic E-state index is 12.0. The number of fused-ring (bicyclic) bond motifs is 1. The maximum Gasteiger partial charge on any atom is 0.269 e. The summed E-state index contributed by atoms with van der Waals surface area (Å²) in [6.07, 6.45) is 0. The van der Waals surface area contributed by atoms with Crippen LogP contribution >= 0.6 is 11.8 Å². The van der Waals surface area contributed by atoms with Crippen LogP contribution in [0, 0.1) is 10.1 Å². The lowest BCUT2D eigenvalue weighted by atomic mass is 10.2. The first-order chi connectivity index (χ1) is 9.65. The highest BCUT2D eigenvalue weighted by Crippen LogP contribution is 2.26. The van der Waals surface area contributed by atoms with Gasteiger partial charge >= 0.3 is 0 Å². The minimum absolute atomic E-state index is 0.0543. The number of nitro groups is 1. The third-order valence-corrected chi connectivity index (χ3v) is 3.78. The first kappa shape index (κ1) is 12.6. The van der Waals surface area contributed by atoms with Gasteiger partial charge in [-0.15, -0.1) is 10.2 Å². The molecule has 1 aliphatic rings. The summed E-state index contributed by atoms with van der Waals surface area (Å²) in [4.78, 5) is 22.1. The summed E-state index contributed by atoms with van der Waals surface area (Å²) in [6, 6.07) is 5.39. The van der Waals surface area contributed by atoms with Crippen LogP contribution < -0.4 is 5.32 Å². The van der Waals surface area contributed by atoms with Crippen LogP contribution in [-0.2, 0) is 6.54 Å². The first-order valence-corrected chi connectivity index (χ1v) is 6.75. The number of aromatic nitrogens is 3. The van der Waals surface area contributed by atoms with Gasteiger partial charge in [0.15, 0.2) is 5.16 Å². The summed E-state index contributed by atoms with van der Waals surface area (Å²) in [7, 11) is 0. The standard InChI is InChI=1S/C11H9N5O3S/c17-9(7-1-3-8(4-2-7)16(18)19)12-10-13-14-11-15(10)5-6-20-11/h1-4H,5-6H2,(H,12,13,17). The molecule has 0 spiro atoms. The van der Waals surface area contributed by atoms with Crippen molar-refractivity contribution in [1.82, 2.24) is 14.8 Å². The van der Waals surface area contributed by atoms with Crippen molar-refractivity contribution >= 4 is 29.3 Å². The van der Waals surface area contributed by atoms with Gasteiger partial charge in [0.05, 0.1) is 4.92 Å². The molecule has 3 rings (SSSR count). The van der Waals surface area contributed by atoms with Crippen LogP contribution in [0.2, 0.25) is 0 Å². The number of carbonyl (C=O) groups excluding carboxylic acids is 1. The van der Waals surface area contributed by atoms with Crippen LogP contribution in [0.15, 0.2) is 29.4 Å². The van der Waals surface area contributed by atoms with Gasteiger partial charge in [0.25, 0.3) is 11.6 Å². The van der Waals surface area contributed by atoms with Crippen LogP contribution in [0.1, 0.15) is 10.4 Å². The topological polar surface area (TPSA) is 103 Å². The number of amides is 1. The Balaban J connectivity index is 1.77. The molecule has 9 heteroatoms. The quantitative estimate of drug-likeness (QED) is 0.679. The Kier molecular flexibility index (Phi) is 3.11. The van der Waals surface area contributed by atoms with Gasteiger partial charge in [0.1, 0.15) is 0 Å². The second-order valence-corrected chi connectivity index (χ2v) is 5.13. The zero-order valence-electron chi connectivity index (χ0n) is 10.1. The molecule has 1 N–H and O–H groups in total. The number of benzene rings is 1. The predicted octanol–water partition coefficient (Wildman–Crippen LogP) is 1.54. The van der Waals surface area contributed by atoms with E-state index in [0.717, 1.165) is 17.5 Å². The van der Waals surface area contributed by atoms with Crippen LogP contribution in [0.5, 0.6) is 0 Å². The van der Waals surface area contributed by atoms with Gasteiger partial charge in [-0.25, -0.2) is 0 Å². The number of anilines is 1. The molecular weight excluding hydrogens is 282 g/mol. The Hall–Kier alpha value is -2.42. The maximum absolute atomic E-state index is 12.0. The van der Waals surface area contributed by atoms with E-state index in [1.807, 2.05) is 4.57 Å². The van der Waals surface area contributed by atoms with E-state index in [4.69, 9.17) is 0 Å². The molecule has 0 unspecified atom stereocenters. The summed E-state index contributed by atoms with van der Waals surface area (Å²) in [6.45, 7) is 0.753. The third kappa shape index (κ3) is 2.23. The number of carbonyl (C=O) groups is 1. The molecule has 0 aliphatic carbocycles. The lowest BCUT2D eigenvalue weighted by molar-refractivity contribution is -0.384. The van der Waals surface area contributed by atoms with Gasteiger partial charge in [-0.2, -0.15) is 0 Å². The summed E-state index contributed by atoms with van der Waals surface area (Å²) in [5.41, 5.74) is 0.278. The third-order valence-electron chi connectivity index (χ3n) is 2.83. The van der Waals surface area contributed by atoms with Crippen LogP contribution in [0.3, 0.4) is 0 Å². The second kappa shape index (κ2) is 4.93. The average molecular weight is 291 g/mol. The summed E-state index contributed by atoms with van der Waals surface area (Å²) < 4.78 is 1.83. The van der Waals surface area contributed by atoms with Crippen molar-refractivity contribution in [1.29, 1.82) is 0 Å². The monoisotopic (exact) mass is 291 g/mol. The van der Waals surface area contributed by atoms with Gasteiger partial charge in [-0.05, 0) is 12.1 Å². The molecule has 0 saturated carbocycles. The molecule has 8 nitrogen and oxygen atoms in total. The highest BCUT2D eigenvalue weighted by molar-refractivity contribution is 7.99. The lowest BCUT2D eigenvalue weighted by Crippen LogP contribution is -2.15. The molecule has 2 aromatic rings. The minimum atomic E-state index is -0.510. The molecule has 1 aromatic carbocycles. The Morgan fingerprint density at radius 3 is 2.80 bits per heavy atom. The van der Waals surface area contributed by atoms with Crippen molar-refractivity contribution < 1.29 is 9.72 Å². The number of nitrogens with zero attached hydrogens (tertiary/aromatic N) is 4. The van der Waals surface area contributed by atoms with E-state index in [-0.39, 0.29) is 11.6 Å². The van der Waals surface area contributed by atoms with E-state index in [1.165, 1.54) is 24.3 Å². The minimum Gasteiger partial charge on any atom is -0.290 e. The summed E-state index contributed by atoms with van der Waals surface area (Å²) >= 11 is 1.58. The first-order valence-electron chi connectivity index (χ1n) is 5.77. The number of hydrogen-bond donors (Lipinski definition) is 1. The van der Waals surface area contributed by atoms with Gasteiger partial charge in [0, 0.05) is 30.0 Å². The SMILES string of the molecule is O=C(Nc1nnc2n1CCS2)c1ccc([N+](=O)[O-])cc1. The van der Waals surface area contributed by atoms with E-state index in [0.29, 0.717) is 11.5 Å². The Morgan fingerprint density at radius 1 is 1.35 bits per heavy atom. The number of hydrogen-bond acceptors (Lipinski definition) is 6. The molecule has 0 bridgehead atoms. The molecule has 20 heavy (non-hydrogen) atoms. The number of nitro benzene ring substituents is 1.